The van der Waals surface area contributed by atoms with Crippen molar-refractivity contribution in [3.8, 4) is 5.75 Å². The smallest absolute Gasteiger partial charge is 0.321 e. The Morgan fingerprint density at radius 1 is 1.36 bits per heavy atom. The van der Waals surface area contributed by atoms with Crippen molar-refractivity contribution in [2.75, 3.05) is 25.0 Å². The van der Waals surface area contributed by atoms with Gasteiger partial charge < -0.3 is 20.1 Å². The first kappa shape index (κ1) is 18.3. The minimum atomic E-state index is -0.181. The van der Waals surface area contributed by atoms with Gasteiger partial charge in [-0.2, -0.15) is 0 Å². The highest BCUT2D eigenvalue weighted by molar-refractivity contribution is 5.89. The van der Waals surface area contributed by atoms with Gasteiger partial charge in [0.05, 0.1) is 12.7 Å². The number of unbranched alkanes of at least 4 members (excludes halogenated alkanes) is 1. The van der Waals surface area contributed by atoms with E-state index in [0.717, 1.165) is 29.8 Å². The molecule has 5 nitrogen and oxygen atoms in total. The molecule has 0 aliphatic carbocycles. The third-order valence-corrected chi connectivity index (χ3v) is 3.23. The summed E-state index contributed by atoms with van der Waals surface area (Å²) in [4.78, 5) is 13.9. The van der Waals surface area contributed by atoms with Crippen LogP contribution in [0.1, 0.15) is 39.2 Å². The highest BCUT2D eigenvalue weighted by Crippen LogP contribution is 2.23. The highest BCUT2D eigenvalue weighted by atomic mass is 16.5. The maximum atomic E-state index is 12.3. The van der Waals surface area contributed by atoms with Crippen LogP contribution in [0.25, 0.3) is 0 Å². The molecule has 0 fully saturated rings. The molecule has 124 valence electrons. The van der Waals surface area contributed by atoms with Crippen LogP contribution in [-0.2, 0) is 0 Å². The summed E-state index contributed by atoms with van der Waals surface area (Å²) in [5, 5.41) is 12.0. The molecule has 22 heavy (non-hydrogen) atoms. The number of benzene rings is 1. The molecule has 1 rings (SSSR count). The van der Waals surface area contributed by atoms with Crippen LogP contribution in [-0.4, -0.2) is 41.8 Å². The van der Waals surface area contributed by atoms with Gasteiger partial charge in [0.1, 0.15) is 5.75 Å². The topological polar surface area (TPSA) is 61.8 Å². The van der Waals surface area contributed by atoms with Gasteiger partial charge in [-0.1, -0.05) is 13.3 Å². The quantitative estimate of drug-likeness (QED) is 0.773. The highest BCUT2D eigenvalue weighted by Gasteiger charge is 2.13. The molecule has 2 N–H and O–H groups in total. The Morgan fingerprint density at radius 2 is 2.09 bits per heavy atom. The van der Waals surface area contributed by atoms with Crippen molar-refractivity contribution in [3.05, 3.63) is 23.8 Å². The van der Waals surface area contributed by atoms with Crippen molar-refractivity contribution in [2.45, 2.75) is 46.6 Å². The molecule has 0 saturated carbocycles. The van der Waals surface area contributed by atoms with E-state index in [9.17, 15) is 4.79 Å². The van der Waals surface area contributed by atoms with Crippen LogP contribution in [0.2, 0.25) is 0 Å². The van der Waals surface area contributed by atoms with E-state index in [1.54, 1.807) is 4.90 Å². The van der Waals surface area contributed by atoms with Gasteiger partial charge >= 0.3 is 6.03 Å². The minimum absolute atomic E-state index is 0.0304. The van der Waals surface area contributed by atoms with E-state index in [-0.39, 0.29) is 18.7 Å². The lowest BCUT2D eigenvalue weighted by atomic mass is 10.2. The molecule has 1 aromatic carbocycles. The van der Waals surface area contributed by atoms with Gasteiger partial charge in [0.2, 0.25) is 0 Å². The van der Waals surface area contributed by atoms with Crippen LogP contribution in [0.5, 0.6) is 5.75 Å². The zero-order chi connectivity index (χ0) is 16.5. The largest absolute Gasteiger partial charge is 0.491 e. The molecule has 0 spiro atoms. The van der Waals surface area contributed by atoms with Crippen LogP contribution in [0.3, 0.4) is 0 Å². The number of nitrogens with one attached hydrogen (secondary N) is 1. The summed E-state index contributed by atoms with van der Waals surface area (Å²) in [7, 11) is 0. The number of urea groups is 1. The fourth-order valence-corrected chi connectivity index (χ4v) is 2.10. The predicted molar refractivity (Wildman–Crippen MR) is 89.5 cm³/mol. The Labute approximate surface area is 133 Å². The third kappa shape index (κ3) is 5.93. The summed E-state index contributed by atoms with van der Waals surface area (Å²) in [5.41, 5.74) is 1.71. The summed E-state index contributed by atoms with van der Waals surface area (Å²) in [6.45, 7) is 8.96. The molecule has 0 radical (unpaired) electrons. The number of amides is 2. The molecule has 0 saturated heterocycles. The minimum Gasteiger partial charge on any atom is -0.491 e. The van der Waals surface area contributed by atoms with E-state index in [1.807, 2.05) is 39.0 Å². The number of anilines is 1. The molecule has 0 bridgehead atoms. The predicted octanol–water partition coefficient (Wildman–Crippen LogP) is 3.41. The normalized spacial score (nSPS) is 10.6. The second kappa shape index (κ2) is 9.30. The van der Waals surface area contributed by atoms with Crippen LogP contribution in [0.15, 0.2) is 18.2 Å². The zero-order valence-electron chi connectivity index (χ0n) is 14.1. The SMILES string of the molecule is CCCCN(CCO)C(=O)Nc1ccc(OC(C)C)c(C)c1. The lowest BCUT2D eigenvalue weighted by molar-refractivity contribution is 0.187. The van der Waals surface area contributed by atoms with Gasteiger partial charge in [-0.3, -0.25) is 0 Å². The number of aliphatic hydroxyl groups is 1. The lowest BCUT2D eigenvalue weighted by Gasteiger charge is -2.22. The summed E-state index contributed by atoms with van der Waals surface area (Å²) >= 11 is 0. The fraction of sp³-hybridized carbons (Fsp3) is 0.588. The molecular formula is C17H28N2O3. The van der Waals surface area contributed by atoms with Crippen molar-refractivity contribution in [3.63, 3.8) is 0 Å². The summed E-state index contributed by atoms with van der Waals surface area (Å²) in [5.74, 6) is 0.825. The van der Waals surface area contributed by atoms with Crippen LogP contribution >= 0.6 is 0 Å². The standard InChI is InChI=1S/C17H28N2O3/c1-5-6-9-19(10-11-20)17(21)18-15-7-8-16(14(4)12-15)22-13(2)3/h7-8,12-13,20H,5-6,9-11H2,1-4H3,(H,18,21). The number of hydrogen-bond donors (Lipinski definition) is 2. The number of ether oxygens (including phenoxy) is 1. The molecule has 0 aromatic heterocycles. The maximum Gasteiger partial charge on any atom is 0.321 e. The van der Waals surface area contributed by atoms with Crippen LogP contribution in [0.4, 0.5) is 10.5 Å². The van der Waals surface area contributed by atoms with Gasteiger partial charge in [0, 0.05) is 18.8 Å². The van der Waals surface area contributed by atoms with Crippen molar-refractivity contribution in [1.82, 2.24) is 4.90 Å². The number of carbonyl (C=O) groups excluding carboxylic acids is 1. The van der Waals surface area contributed by atoms with Gasteiger partial charge in [-0.05, 0) is 51.0 Å². The van der Waals surface area contributed by atoms with E-state index in [2.05, 4.69) is 12.2 Å². The van der Waals surface area contributed by atoms with Gasteiger partial charge in [-0.15, -0.1) is 0 Å². The Bertz CT molecular complexity index is 475. The number of hydrogen-bond acceptors (Lipinski definition) is 3. The zero-order valence-corrected chi connectivity index (χ0v) is 14.1. The number of rotatable bonds is 8. The van der Waals surface area contributed by atoms with Gasteiger partial charge in [0.25, 0.3) is 0 Å². The fourth-order valence-electron chi connectivity index (χ4n) is 2.10. The number of aryl methyl sites for hydroxylation is 1. The average molecular weight is 308 g/mol. The van der Waals surface area contributed by atoms with Crippen LogP contribution in [0, 0.1) is 6.92 Å². The van der Waals surface area contributed by atoms with Crippen molar-refractivity contribution >= 4 is 11.7 Å². The first-order valence-electron chi connectivity index (χ1n) is 7.92. The summed E-state index contributed by atoms with van der Waals surface area (Å²) in [6.07, 6.45) is 2.05. The molecular weight excluding hydrogens is 280 g/mol. The van der Waals surface area contributed by atoms with Crippen molar-refractivity contribution in [1.29, 1.82) is 0 Å². The Kier molecular flexibility index (Phi) is 7.74. The van der Waals surface area contributed by atoms with Gasteiger partial charge in [0.15, 0.2) is 0 Å². The molecule has 2 amide bonds. The third-order valence-electron chi connectivity index (χ3n) is 3.23. The van der Waals surface area contributed by atoms with E-state index < -0.39 is 0 Å². The van der Waals surface area contributed by atoms with Crippen molar-refractivity contribution in [2.24, 2.45) is 0 Å². The monoisotopic (exact) mass is 308 g/mol. The molecule has 0 unspecified atom stereocenters. The molecule has 5 heteroatoms. The Hall–Kier alpha value is -1.75. The number of nitrogens with zero attached hydrogens (tertiary/aromatic N) is 1. The van der Waals surface area contributed by atoms with E-state index in [4.69, 9.17) is 9.84 Å². The molecule has 1 aromatic rings. The second-order valence-electron chi connectivity index (χ2n) is 5.64. The van der Waals surface area contributed by atoms with Crippen molar-refractivity contribution < 1.29 is 14.6 Å². The molecule has 0 aliphatic rings. The lowest BCUT2D eigenvalue weighted by Crippen LogP contribution is -2.37. The molecule has 0 atom stereocenters. The van der Waals surface area contributed by atoms with E-state index in [1.165, 1.54) is 0 Å². The number of carbonyl (C=O) groups is 1. The average Bonchev–Trinajstić information content (AvgIpc) is 2.46. The number of aliphatic hydroxyl groups excluding tert-OH is 1. The van der Waals surface area contributed by atoms with Crippen LogP contribution < -0.4 is 10.1 Å². The van der Waals surface area contributed by atoms with E-state index in [0.29, 0.717) is 13.1 Å². The summed E-state index contributed by atoms with van der Waals surface area (Å²) < 4.78 is 5.69. The first-order chi connectivity index (χ1) is 10.5. The Balaban J connectivity index is 2.71. The van der Waals surface area contributed by atoms with Gasteiger partial charge in [-0.25, -0.2) is 4.79 Å². The second-order valence-corrected chi connectivity index (χ2v) is 5.64. The summed E-state index contributed by atoms with van der Waals surface area (Å²) in [6, 6.07) is 5.42. The molecule has 0 aliphatic heterocycles. The molecule has 0 heterocycles. The first-order valence-corrected chi connectivity index (χ1v) is 7.92. The van der Waals surface area contributed by atoms with E-state index >= 15 is 0 Å². The Morgan fingerprint density at radius 3 is 2.64 bits per heavy atom. The maximum absolute atomic E-state index is 12.3.